The number of rotatable bonds is 3. The number of nitrogen functional groups attached to an aromatic ring is 1. The number of aromatic nitrogens is 2. The highest BCUT2D eigenvalue weighted by Gasteiger charge is 2.28. The van der Waals surface area contributed by atoms with Gasteiger partial charge in [-0.1, -0.05) is 0 Å². The molecule has 34 heavy (non-hydrogen) atoms. The maximum Gasteiger partial charge on any atom is 0.414 e. The van der Waals surface area contributed by atoms with E-state index >= 15 is 4.39 Å². The van der Waals surface area contributed by atoms with E-state index in [0.29, 0.717) is 47.6 Å². The maximum atomic E-state index is 15.3. The van der Waals surface area contributed by atoms with Crippen molar-refractivity contribution in [1.29, 1.82) is 0 Å². The number of carbonyl (C=O) groups excluding carboxylic acids is 2. The molecule has 2 aromatic heterocycles. The zero-order valence-corrected chi connectivity index (χ0v) is 18.6. The highest BCUT2D eigenvalue weighted by Crippen LogP contribution is 2.39. The van der Waals surface area contributed by atoms with Crippen LogP contribution in [0.4, 0.5) is 20.6 Å². The van der Waals surface area contributed by atoms with Crippen LogP contribution in [0.3, 0.4) is 0 Å². The van der Waals surface area contributed by atoms with Gasteiger partial charge >= 0.3 is 6.09 Å². The van der Waals surface area contributed by atoms with E-state index in [-0.39, 0.29) is 35.5 Å². The lowest BCUT2D eigenvalue weighted by Crippen LogP contribution is -2.38. The summed E-state index contributed by atoms with van der Waals surface area (Å²) in [7, 11) is 1.67. The summed E-state index contributed by atoms with van der Waals surface area (Å²) < 4.78 is 26.1. The van der Waals surface area contributed by atoms with Gasteiger partial charge in [-0.05, 0) is 23.9 Å². The number of likely N-dealkylation sites (tertiary alicyclic amines) is 1. The van der Waals surface area contributed by atoms with E-state index < -0.39 is 11.9 Å². The molecular weight excluding hydrogens is 443 g/mol. The van der Waals surface area contributed by atoms with Crippen LogP contribution in [-0.4, -0.2) is 59.7 Å². The van der Waals surface area contributed by atoms with Crippen LogP contribution in [0, 0.1) is 12.7 Å². The highest BCUT2D eigenvalue weighted by molar-refractivity contribution is 5.98. The minimum absolute atomic E-state index is 0.0231. The van der Waals surface area contributed by atoms with Crippen molar-refractivity contribution in [1.82, 2.24) is 20.2 Å². The smallest absolute Gasteiger partial charge is 0.414 e. The van der Waals surface area contributed by atoms with E-state index in [9.17, 15) is 9.59 Å². The van der Waals surface area contributed by atoms with Crippen molar-refractivity contribution in [2.24, 2.45) is 0 Å². The van der Waals surface area contributed by atoms with Gasteiger partial charge in [-0.3, -0.25) is 4.79 Å². The highest BCUT2D eigenvalue weighted by atomic mass is 19.1. The van der Waals surface area contributed by atoms with E-state index in [1.807, 2.05) is 6.92 Å². The molecule has 2 amide bonds. The minimum Gasteiger partial charge on any atom is -0.474 e. The van der Waals surface area contributed by atoms with Crippen molar-refractivity contribution in [3.05, 3.63) is 35.9 Å². The number of carbonyl (C=O) groups is 2. The van der Waals surface area contributed by atoms with Crippen LogP contribution in [-0.2, 0) is 4.79 Å². The second kappa shape index (κ2) is 8.32. The van der Waals surface area contributed by atoms with Gasteiger partial charge in [-0.15, -0.1) is 0 Å². The van der Waals surface area contributed by atoms with Gasteiger partial charge in [0.25, 0.3) is 0 Å². The van der Waals surface area contributed by atoms with Gasteiger partial charge in [0.05, 0.1) is 11.7 Å². The van der Waals surface area contributed by atoms with Crippen molar-refractivity contribution in [3.63, 3.8) is 0 Å². The molecule has 1 aromatic carbocycles. The molecule has 10 nitrogen and oxygen atoms in total. The Morgan fingerprint density at radius 2 is 2.15 bits per heavy atom. The van der Waals surface area contributed by atoms with Gasteiger partial charge in [-0.2, -0.15) is 0 Å². The first-order valence-corrected chi connectivity index (χ1v) is 10.8. The predicted molar refractivity (Wildman–Crippen MR) is 123 cm³/mol. The number of hydrogen-bond donors (Lipinski definition) is 3. The Hall–Kier alpha value is -4.15. The first-order chi connectivity index (χ1) is 16.3. The maximum absolute atomic E-state index is 15.3. The van der Waals surface area contributed by atoms with Gasteiger partial charge in [-0.25, -0.2) is 19.2 Å². The van der Waals surface area contributed by atoms with Crippen LogP contribution in [0.25, 0.3) is 21.9 Å². The molecule has 0 aliphatic carbocycles. The molecule has 0 spiro atoms. The van der Waals surface area contributed by atoms with Gasteiger partial charge in [0.1, 0.15) is 12.3 Å². The van der Waals surface area contributed by atoms with E-state index in [1.165, 1.54) is 17.2 Å². The molecular formula is C23H23FN6O4. The summed E-state index contributed by atoms with van der Waals surface area (Å²) in [5.41, 5.74) is 8.36. The number of likely N-dealkylation sites (N-methyl/N-ethyl adjacent to an activating group) is 1. The molecule has 176 valence electrons. The van der Waals surface area contributed by atoms with Gasteiger partial charge in [0.15, 0.2) is 5.82 Å². The topological polar surface area (TPSA) is 132 Å². The van der Waals surface area contributed by atoms with Crippen LogP contribution in [0.5, 0.6) is 11.8 Å². The second-order valence-electron chi connectivity index (χ2n) is 8.36. The number of benzene rings is 1. The minimum atomic E-state index is -0.726. The van der Waals surface area contributed by atoms with Gasteiger partial charge in [0, 0.05) is 61.5 Å². The number of fused-ring (bicyclic) bond motifs is 2. The predicted octanol–water partition coefficient (Wildman–Crippen LogP) is 2.45. The fraction of sp³-hybridized carbons (Fsp3) is 0.304. The lowest BCUT2D eigenvalue weighted by atomic mass is 9.97. The largest absolute Gasteiger partial charge is 0.474 e. The molecule has 4 heterocycles. The molecule has 1 fully saturated rings. The zero-order valence-electron chi connectivity index (χ0n) is 18.6. The van der Waals surface area contributed by atoms with E-state index in [2.05, 4.69) is 20.6 Å². The van der Waals surface area contributed by atoms with Gasteiger partial charge in [0.2, 0.25) is 17.7 Å². The summed E-state index contributed by atoms with van der Waals surface area (Å²) in [5, 5.41) is 6.83. The third kappa shape index (κ3) is 3.78. The quantitative estimate of drug-likeness (QED) is 0.502. The number of ether oxygens (including phenoxy) is 2. The van der Waals surface area contributed by atoms with Crippen LogP contribution >= 0.6 is 0 Å². The fourth-order valence-corrected chi connectivity index (χ4v) is 4.27. The molecule has 2 aliphatic heterocycles. The van der Waals surface area contributed by atoms with E-state index in [1.54, 1.807) is 19.3 Å². The number of nitrogens with zero attached hydrogens (tertiary/aromatic N) is 3. The Balaban J connectivity index is 1.46. The van der Waals surface area contributed by atoms with Crippen LogP contribution in [0.1, 0.15) is 12.0 Å². The standard InChI is InChI=1S/C23H23FN6O4/c1-11-15(8-28-22-21(11)26-3-4-33-22)14-5-12-6-17(27-9-16(12)20(25)19(14)24)34-23(32)29-13-7-18(31)30(2)10-13/h5-6,8-9,13,26H,3-4,7,10,25H2,1-2H3,(H,29,32)/t13-/m1/s1. The normalized spacial score (nSPS) is 17.2. The average Bonchev–Trinajstić information content (AvgIpc) is 3.13. The first-order valence-electron chi connectivity index (χ1n) is 10.8. The number of halogens is 1. The van der Waals surface area contributed by atoms with E-state index in [0.717, 1.165) is 5.56 Å². The molecule has 0 unspecified atom stereocenters. The lowest BCUT2D eigenvalue weighted by Gasteiger charge is -2.22. The lowest BCUT2D eigenvalue weighted by molar-refractivity contribution is -0.126. The summed E-state index contributed by atoms with van der Waals surface area (Å²) in [6.07, 6.45) is 2.40. The molecule has 4 N–H and O–H groups in total. The fourth-order valence-electron chi connectivity index (χ4n) is 4.27. The van der Waals surface area contributed by atoms with Crippen molar-refractivity contribution < 1.29 is 23.5 Å². The molecule has 3 aromatic rings. The number of nitrogens with one attached hydrogen (secondary N) is 2. The monoisotopic (exact) mass is 466 g/mol. The Bertz CT molecular complexity index is 1330. The third-order valence-electron chi connectivity index (χ3n) is 6.07. The number of amides is 2. The summed E-state index contributed by atoms with van der Waals surface area (Å²) >= 11 is 0. The third-order valence-corrected chi connectivity index (χ3v) is 6.07. The molecule has 0 radical (unpaired) electrons. The number of nitrogens with two attached hydrogens (primary N) is 1. The molecule has 0 saturated carbocycles. The van der Waals surface area contributed by atoms with E-state index in [4.69, 9.17) is 15.2 Å². The average molecular weight is 466 g/mol. The number of hydrogen-bond acceptors (Lipinski definition) is 8. The molecule has 11 heteroatoms. The molecule has 1 atom stereocenters. The molecule has 1 saturated heterocycles. The summed E-state index contributed by atoms with van der Waals surface area (Å²) in [4.78, 5) is 33.9. The summed E-state index contributed by atoms with van der Waals surface area (Å²) in [6, 6.07) is 2.81. The SMILES string of the molecule is Cc1c(-c2cc3cc(OC(=O)N[C@@H]4CC(=O)N(C)C4)ncc3c(N)c2F)cnc2c1NCCO2. The molecule has 2 aliphatic rings. The van der Waals surface area contributed by atoms with Crippen molar-refractivity contribution in [2.45, 2.75) is 19.4 Å². The first kappa shape index (κ1) is 21.7. The van der Waals surface area contributed by atoms with Crippen LogP contribution in [0.2, 0.25) is 0 Å². The van der Waals surface area contributed by atoms with Crippen molar-refractivity contribution in [2.75, 3.05) is 37.8 Å². The van der Waals surface area contributed by atoms with Gasteiger partial charge < -0.3 is 30.7 Å². The van der Waals surface area contributed by atoms with Crippen LogP contribution < -0.4 is 25.8 Å². The Labute approximate surface area is 194 Å². The molecule has 0 bridgehead atoms. The Morgan fingerprint density at radius 3 is 2.91 bits per heavy atom. The van der Waals surface area contributed by atoms with Crippen molar-refractivity contribution in [3.8, 4) is 22.9 Å². The number of pyridine rings is 2. The molecule has 5 rings (SSSR count). The Morgan fingerprint density at radius 1 is 1.32 bits per heavy atom. The second-order valence-corrected chi connectivity index (χ2v) is 8.36. The summed E-state index contributed by atoms with van der Waals surface area (Å²) in [6.45, 7) is 3.40. The zero-order chi connectivity index (χ0) is 24.0. The van der Waals surface area contributed by atoms with Crippen molar-refractivity contribution >= 4 is 34.1 Å². The van der Waals surface area contributed by atoms with Crippen LogP contribution in [0.15, 0.2) is 24.5 Å². The Kier molecular flexibility index (Phi) is 5.31. The number of anilines is 2. The summed E-state index contributed by atoms with van der Waals surface area (Å²) in [5.74, 6) is -0.136.